The van der Waals surface area contributed by atoms with Crippen LogP contribution in [-0.2, 0) is 4.79 Å². The lowest BCUT2D eigenvalue weighted by molar-refractivity contribution is -0.119. The Morgan fingerprint density at radius 1 is 1.10 bits per heavy atom. The second-order valence-electron chi connectivity index (χ2n) is 7.46. The van der Waals surface area contributed by atoms with Crippen LogP contribution in [-0.4, -0.2) is 27.8 Å². The van der Waals surface area contributed by atoms with Gasteiger partial charge in [-0.05, 0) is 48.2 Å². The van der Waals surface area contributed by atoms with Crippen molar-refractivity contribution in [3.05, 3.63) is 71.0 Å². The SMILES string of the molecule is CCCCC(=O)N1c2ncnn2[C@H](c2ccc(Cl)cc2)C[C@H]1c1ccc(OC)cc1. The Bertz CT molecular complexity index is 1000. The topological polar surface area (TPSA) is 60.2 Å². The van der Waals surface area contributed by atoms with Gasteiger partial charge in [-0.2, -0.15) is 10.1 Å². The maximum atomic E-state index is 13.2. The number of benzene rings is 2. The third-order valence-electron chi connectivity index (χ3n) is 5.59. The zero-order valence-electron chi connectivity index (χ0n) is 17.2. The van der Waals surface area contributed by atoms with E-state index in [9.17, 15) is 4.79 Å². The molecule has 0 bridgehead atoms. The van der Waals surface area contributed by atoms with E-state index in [2.05, 4.69) is 17.0 Å². The summed E-state index contributed by atoms with van der Waals surface area (Å²) in [6.45, 7) is 2.09. The van der Waals surface area contributed by atoms with Gasteiger partial charge in [0.05, 0.1) is 19.2 Å². The van der Waals surface area contributed by atoms with E-state index < -0.39 is 0 Å². The predicted molar refractivity (Wildman–Crippen MR) is 117 cm³/mol. The molecule has 30 heavy (non-hydrogen) atoms. The zero-order chi connectivity index (χ0) is 21.1. The van der Waals surface area contributed by atoms with Crippen LogP contribution in [0.5, 0.6) is 5.75 Å². The summed E-state index contributed by atoms with van der Waals surface area (Å²) in [6, 6.07) is 15.5. The molecule has 0 fully saturated rings. The number of hydrogen-bond donors (Lipinski definition) is 0. The molecule has 1 amide bonds. The van der Waals surface area contributed by atoms with Crippen LogP contribution >= 0.6 is 11.6 Å². The highest BCUT2D eigenvalue weighted by atomic mass is 35.5. The Morgan fingerprint density at radius 2 is 1.77 bits per heavy atom. The molecule has 1 aliphatic rings. The van der Waals surface area contributed by atoms with Crippen molar-refractivity contribution in [2.45, 2.75) is 44.7 Å². The minimum atomic E-state index is -0.141. The number of halogens is 1. The number of aromatic nitrogens is 3. The van der Waals surface area contributed by atoms with Crippen molar-refractivity contribution in [1.82, 2.24) is 14.8 Å². The van der Waals surface area contributed by atoms with Gasteiger partial charge in [0.15, 0.2) is 0 Å². The molecule has 3 aromatic rings. The molecule has 1 aromatic heterocycles. The highest BCUT2D eigenvalue weighted by Crippen LogP contribution is 2.42. The molecule has 0 unspecified atom stereocenters. The lowest BCUT2D eigenvalue weighted by atomic mass is 9.91. The summed E-state index contributed by atoms with van der Waals surface area (Å²) in [4.78, 5) is 19.5. The van der Waals surface area contributed by atoms with Crippen LogP contribution in [0.15, 0.2) is 54.9 Å². The number of fused-ring (bicyclic) bond motifs is 1. The fraction of sp³-hybridized carbons (Fsp3) is 0.348. The largest absolute Gasteiger partial charge is 0.497 e. The quantitative estimate of drug-likeness (QED) is 0.545. The van der Waals surface area contributed by atoms with Crippen LogP contribution in [0.4, 0.5) is 5.95 Å². The van der Waals surface area contributed by atoms with Crippen molar-refractivity contribution in [2.24, 2.45) is 0 Å². The van der Waals surface area contributed by atoms with Crippen molar-refractivity contribution < 1.29 is 9.53 Å². The number of rotatable bonds is 6. The average Bonchev–Trinajstić information content (AvgIpc) is 3.27. The highest BCUT2D eigenvalue weighted by Gasteiger charge is 2.39. The summed E-state index contributed by atoms with van der Waals surface area (Å²) in [5, 5.41) is 5.16. The van der Waals surface area contributed by atoms with E-state index in [-0.39, 0.29) is 18.0 Å². The first-order chi connectivity index (χ1) is 14.6. The lowest BCUT2D eigenvalue weighted by Crippen LogP contribution is -2.42. The minimum Gasteiger partial charge on any atom is -0.497 e. The molecule has 1 aliphatic heterocycles. The molecule has 2 aromatic carbocycles. The van der Waals surface area contributed by atoms with Crippen LogP contribution in [0.1, 0.15) is 55.8 Å². The first kappa shape index (κ1) is 20.4. The standard InChI is InChI=1S/C23H25ClN4O2/c1-3-4-5-22(29)27-20(16-8-12-19(30-2)13-9-16)14-21(28-23(27)25-15-26-28)17-6-10-18(24)11-7-17/h6-13,15,20-21H,3-5,14H2,1-2H3/t20-,21-/m0/s1. The summed E-state index contributed by atoms with van der Waals surface area (Å²) in [7, 11) is 1.65. The number of methoxy groups -OCH3 is 1. The second-order valence-corrected chi connectivity index (χ2v) is 7.90. The molecule has 2 atom stereocenters. The number of hydrogen-bond acceptors (Lipinski definition) is 4. The molecular formula is C23H25ClN4O2. The summed E-state index contributed by atoms with van der Waals surface area (Å²) in [5.74, 6) is 1.44. The molecule has 0 saturated heterocycles. The first-order valence-electron chi connectivity index (χ1n) is 10.2. The second kappa shape index (κ2) is 8.88. The van der Waals surface area contributed by atoms with Crippen LogP contribution in [0.3, 0.4) is 0 Å². The van der Waals surface area contributed by atoms with Gasteiger partial charge in [-0.3, -0.25) is 9.69 Å². The summed E-state index contributed by atoms with van der Waals surface area (Å²) in [5.41, 5.74) is 2.14. The van der Waals surface area contributed by atoms with Crippen molar-refractivity contribution in [3.8, 4) is 5.75 Å². The number of carbonyl (C=O) groups excluding carboxylic acids is 1. The van der Waals surface area contributed by atoms with Crippen molar-refractivity contribution in [2.75, 3.05) is 12.0 Å². The van der Waals surface area contributed by atoms with Gasteiger partial charge >= 0.3 is 0 Å². The van der Waals surface area contributed by atoms with Gasteiger partial charge in [0.25, 0.3) is 0 Å². The number of nitrogens with zero attached hydrogens (tertiary/aromatic N) is 4. The fourth-order valence-corrected chi connectivity index (χ4v) is 4.13. The highest BCUT2D eigenvalue weighted by molar-refractivity contribution is 6.30. The number of unbranched alkanes of at least 4 members (excludes halogenated alkanes) is 1. The first-order valence-corrected chi connectivity index (χ1v) is 10.6. The molecule has 6 nitrogen and oxygen atoms in total. The monoisotopic (exact) mass is 424 g/mol. The molecule has 2 heterocycles. The molecule has 7 heteroatoms. The van der Waals surface area contributed by atoms with E-state index in [4.69, 9.17) is 16.3 Å². The Balaban J connectivity index is 1.78. The number of anilines is 1. The Kier molecular flexibility index (Phi) is 6.04. The van der Waals surface area contributed by atoms with Gasteiger partial charge in [-0.25, -0.2) is 4.68 Å². The van der Waals surface area contributed by atoms with Crippen LogP contribution in [0, 0.1) is 0 Å². The zero-order valence-corrected chi connectivity index (χ0v) is 17.9. The van der Waals surface area contributed by atoms with Gasteiger partial charge in [0, 0.05) is 11.4 Å². The number of carbonyl (C=O) groups is 1. The minimum absolute atomic E-state index is 0.0397. The normalized spacial score (nSPS) is 18.2. The van der Waals surface area contributed by atoms with Crippen molar-refractivity contribution in [1.29, 1.82) is 0 Å². The summed E-state index contributed by atoms with van der Waals surface area (Å²) < 4.78 is 7.16. The van der Waals surface area contributed by atoms with Crippen LogP contribution < -0.4 is 9.64 Å². The molecule has 0 radical (unpaired) electrons. The Hall–Kier alpha value is -2.86. The smallest absolute Gasteiger partial charge is 0.231 e. The summed E-state index contributed by atoms with van der Waals surface area (Å²) in [6.07, 6.45) is 4.52. The lowest BCUT2D eigenvalue weighted by Gasteiger charge is -2.39. The summed E-state index contributed by atoms with van der Waals surface area (Å²) >= 11 is 6.10. The maximum Gasteiger partial charge on any atom is 0.231 e. The molecule has 156 valence electrons. The number of ether oxygens (including phenoxy) is 1. The number of amides is 1. The maximum absolute atomic E-state index is 13.2. The molecule has 0 saturated carbocycles. The Labute approximate surface area is 181 Å². The average molecular weight is 425 g/mol. The predicted octanol–water partition coefficient (Wildman–Crippen LogP) is 5.20. The molecule has 0 spiro atoms. The van der Waals surface area contributed by atoms with Crippen LogP contribution in [0.25, 0.3) is 0 Å². The van der Waals surface area contributed by atoms with E-state index in [1.807, 2.05) is 58.1 Å². The van der Waals surface area contributed by atoms with E-state index in [1.54, 1.807) is 7.11 Å². The van der Waals surface area contributed by atoms with Crippen molar-refractivity contribution in [3.63, 3.8) is 0 Å². The van der Waals surface area contributed by atoms with Crippen molar-refractivity contribution >= 4 is 23.5 Å². The molecule has 4 rings (SSSR count). The third kappa shape index (κ3) is 3.92. The van der Waals surface area contributed by atoms with Gasteiger partial charge in [-0.15, -0.1) is 0 Å². The molecular weight excluding hydrogens is 400 g/mol. The third-order valence-corrected chi connectivity index (χ3v) is 5.84. The van der Waals surface area contributed by atoms with E-state index in [0.717, 1.165) is 29.7 Å². The van der Waals surface area contributed by atoms with Gasteiger partial charge in [-0.1, -0.05) is 49.2 Å². The van der Waals surface area contributed by atoms with E-state index in [0.29, 0.717) is 23.8 Å². The van der Waals surface area contributed by atoms with E-state index in [1.165, 1.54) is 6.33 Å². The van der Waals surface area contributed by atoms with E-state index >= 15 is 0 Å². The van der Waals surface area contributed by atoms with Gasteiger partial charge in [0.2, 0.25) is 11.9 Å². The Morgan fingerprint density at radius 3 is 2.43 bits per heavy atom. The fourth-order valence-electron chi connectivity index (χ4n) is 4.00. The molecule has 0 aliphatic carbocycles. The van der Waals surface area contributed by atoms with Gasteiger partial charge < -0.3 is 4.74 Å². The van der Waals surface area contributed by atoms with Gasteiger partial charge in [0.1, 0.15) is 12.1 Å². The molecule has 0 N–H and O–H groups in total. The van der Waals surface area contributed by atoms with Crippen LogP contribution in [0.2, 0.25) is 5.02 Å².